The first-order valence-corrected chi connectivity index (χ1v) is 9.57. The number of fused-ring (bicyclic) bond motifs is 1. The van der Waals surface area contributed by atoms with E-state index in [9.17, 15) is 4.79 Å². The quantitative estimate of drug-likeness (QED) is 0.625. The van der Waals surface area contributed by atoms with Crippen molar-refractivity contribution in [3.63, 3.8) is 0 Å². The summed E-state index contributed by atoms with van der Waals surface area (Å²) in [5, 5.41) is 4.85. The van der Waals surface area contributed by atoms with Gasteiger partial charge in [-0.15, -0.1) is 0 Å². The number of amides is 1. The first-order valence-electron chi connectivity index (χ1n) is 8.58. The Hall–Kier alpha value is -2.53. The lowest BCUT2D eigenvalue weighted by Crippen LogP contribution is -2.14. The Morgan fingerprint density at radius 3 is 2.77 bits per heavy atom. The van der Waals surface area contributed by atoms with Crippen molar-refractivity contribution in [1.29, 1.82) is 0 Å². The zero-order valence-electron chi connectivity index (χ0n) is 15.2. The minimum absolute atomic E-state index is 0.0337. The van der Waals surface area contributed by atoms with Crippen molar-refractivity contribution in [2.24, 2.45) is 0 Å². The fourth-order valence-electron chi connectivity index (χ4n) is 2.70. The fourth-order valence-corrected chi connectivity index (χ4v) is 3.49. The maximum absolute atomic E-state index is 12.2. The van der Waals surface area contributed by atoms with Crippen molar-refractivity contribution in [3.8, 4) is 5.75 Å². The van der Waals surface area contributed by atoms with E-state index < -0.39 is 0 Å². The molecule has 0 fully saturated rings. The van der Waals surface area contributed by atoms with Gasteiger partial charge in [-0.3, -0.25) is 4.79 Å². The highest BCUT2D eigenvalue weighted by Crippen LogP contribution is 2.27. The third-order valence-corrected chi connectivity index (χ3v) is 4.98. The van der Waals surface area contributed by atoms with Crippen molar-refractivity contribution in [2.75, 3.05) is 17.7 Å². The fraction of sp³-hybridized carbons (Fsp3) is 0.238. The third kappa shape index (κ3) is 4.55. The highest BCUT2D eigenvalue weighted by molar-refractivity contribution is 8.00. The van der Waals surface area contributed by atoms with Crippen molar-refractivity contribution in [1.82, 2.24) is 4.98 Å². The maximum Gasteiger partial charge on any atom is 0.234 e. The van der Waals surface area contributed by atoms with Gasteiger partial charge in [0.2, 0.25) is 5.91 Å². The second-order valence-electron chi connectivity index (χ2n) is 6.10. The molecular weight excluding hydrogens is 344 g/mol. The normalized spacial score (nSPS) is 10.7. The molecule has 0 unspecified atom stereocenters. The van der Waals surface area contributed by atoms with Crippen LogP contribution in [0.3, 0.4) is 0 Å². The number of nitrogens with one attached hydrogen (secondary N) is 1. The summed E-state index contributed by atoms with van der Waals surface area (Å²) in [6, 6.07) is 15.8. The van der Waals surface area contributed by atoms with Crippen LogP contribution in [0.5, 0.6) is 5.75 Å². The van der Waals surface area contributed by atoms with Gasteiger partial charge >= 0.3 is 0 Å². The average Bonchev–Trinajstić information content (AvgIpc) is 2.60. The Bertz CT molecular complexity index is 940. The first-order chi connectivity index (χ1) is 12.5. The monoisotopic (exact) mass is 366 g/mol. The van der Waals surface area contributed by atoms with E-state index in [2.05, 4.69) is 11.4 Å². The van der Waals surface area contributed by atoms with Crippen LogP contribution in [0, 0.1) is 13.8 Å². The highest BCUT2D eigenvalue weighted by atomic mass is 32.2. The van der Waals surface area contributed by atoms with Gasteiger partial charge in [-0.25, -0.2) is 4.98 Å². The number of rotatable bonds is 6. The standard InChI is InChI=1S/C21H22N2O2S/c1-4-25-18-8-9-19-16(12-18)11-15(3)21(23-19)26-13-20(24)22-17-7-5-6-14(2)10-17/h5-12H,4,13H2,1-3H3,(H,22,24). The number of hydrogen-bond donors (Lipinski definition) is 1. The van der Waals surface area contributed by atoms with Gasteiger partial charge in [0.25, 0.3) is 0 Å². The van der Waals surface area contributed by atoms with Gasteiger partial charge in [-0.05, 0) is 68.3 Å². The molecule has 1 amide bonds. The van der Waals surface area contributed by atoms with Crippen LogP contribution in [-0.2, 0) is 4.79 Å². The lowest BCUT2D eigenvalue weighted by Gasteiger charge is -2.09. The molecule has 0 aliphatic carbocycles. The Labute approximate surface area is 158 Å². The minimum atomic E-state index is -0.0337. The van der Waals surface area contributed by atoms with E-state index >= 15 is 0 Å². The number of aryl methyl sites for hydroxylation is 2. The van der Waals surface area contributed by atoms with E-state index in [-0.39, 0.29) is 5.91 Å². The largest absolute Gasteiger partial charge is 0.494 e. The van der Waals surface area contributed by atoms with Gasteiger partial charge in [0.05, 0.1) is 17.9 Å². The third-order valence-electron chi connectivity index (χ3n) is 3.88. The van der Waals surface area contributed by atoms with Crippen molar-refractivity contribution < 1.29 is 9.53 Å². The van der Waals surface area contributed by atoms with Crippen molar-refractivity contribution >= 4 is 34.3 Å². The number of anilines is 1. The van der Waals surface area contributed by atoms with Gasteiger partial charge in [0.1, 0.15) is 10.8 Å². The molecule has 0 spiro atoms. The number of carbonyl (C=O) groups excluding carboxylic acids is 1. The number of pyridine rings is 1. The number of carbonyl (C=O) groups is 1. The van der Waals surface area contributed by atoms with Gasteiger partial charge in [0, 0.05) is 11.1 Å². The number of ether oxygens (including phenoxy) is 1. The van der Waals surface area contributed by atoms with Crippen molar-refractivity contribution in [2.45, 2.75) is 25.8 Å². The van der Waals surface area contributed by atoms with Crippen LogP contribution < -0.4 is 10.1 Å². The van der Waals surface area contributed by atoms with Crippen LogP contribution in [0.25, 0.3) is 10.9 Å². The van der Waals surface area contributed by atoms with Gasteiger partial charge in [0.15, 0.2) is 0 Å². The molecule has 0 aliphatic rings. The summed E-state index contributed by atoms with van der Waals surface area (Å²) >= 11 is 1.45. The minimum Gasteiger partial charge on any atom is -0.494 e. The number of benzene rings is 2. The molecule has 2 aromatic carbocycles. The van der Waals surface area contributed by atoms with Crippen LogP contribution >= 0.6 is 11.8 Å². The summed E-state index contributed by atoms with van der Waals surface area (Å²) in [6.07, 6.45) is 0. The van der Waals surface area contributed by atoms with Gasteiger partial charge in [-0.2, -0.15) is 0 Å². The second-order valence-corrected chi connectivity index (χ2v) is 7.07. The van der Waals surface area contributed by atoms with E-state index in [1.807, 2.05) is 63.2 Å². The molecule has 0 atom stereocenters. The Morgan fingerprint density at radius 2 is 2.00 bits per heavy atom. The molecule has 0 saturated carbocycles. The summed E-state index contributed by atoms with van der Waals surface area (Å²) in [7, 11) is 0. The molecule has 1 heterocycles. The molecule has 0 saturated heterocycles. The lowest BCUT2D eigenvalue weighted by atomic mass is 10.1. The summed E-state index contributed by atoms with van der Waals surface area (Å²) in [4.78, 5) is 16.9. The van der Waals surface area contributed by atoms with Crippen molar-refractivity contribution in [3.05, 3.63) is 59.7 Å². The SMILES string of the molecule is CCOc1ccc2nc(SCC(=O)Nc3cccc(C)c3)c(C)cc2c1. The summed E-state index contributed by atoms with van der Waals surface area (Å²) in [5.41, 5.74) is 3.90. The molecule has 0 bridgehead atoms. The molecule has 134 valence electrons. The molecule has 0 aliphatic heterocycles. The van der Waals surface area contributed by atoms with Gasteiger partial charge < -0.3 is 10.1 Å². The van der Waals surface area contributed by atoms with E-state index in [4.69, 9.17) is 9.72 Å². The first kappa shape index (κ1) is 18.3. The number of nitrogens with zero attached hydrogens (tertiary/aromatic N) is 1. The molecule has 3 rings (SSSR count). The van der Waals surface area contributed by atoms with Crippen LogP contribution in [0.4, 0.5) is 5.69 Å². The van der Waals surface area contributed by atoms with E-state index in [0.29, 0.717) is 12.4 Å². The number of hydrogen-bond acceptors (Lipinski definition) is 4. The highest BCUT2D eigenvalue weighted by Gasteiger charge is 2.09. The Morgan fingerprint density at radius 1 is 1.15 bits per heavy atom. The van der Waals surface area contributed by atoms with E-state index in [0.717, 1.165) is 38.5 Å². The van der Waals surface area contributed by atoms with Crippen LogP contribution in [0.15, 0.2) is 53.6 Å². The predicted octanol–water partition coefficient (Wildman–Crippen LogP) is 4.98. The molecule has 1 N–H and O–H groups in total. The Balaban J connectivity index is 1.69. The summed E-state index contributed by atoms with van der Waals surface area (Å²) < 4.78 is 5.54. The smallest absolute Gasteiger partial charge is 0.234 e. The molecule has 26 heavy (non-hydrogen) atoms. The zero-order chi connectivity index (χ0) is 18.5. The zero-order valence-corrected chi connectivity index (χ0v) is 16.0. The molecule has 3 aromatic rings. The number of thioether (sulfide) groups is 1. The topological polar surface area (TPSA) is 51.2 Å². The lowest BCUT2D eigenvalue weighted by molar-refractivity contribution is -0.113. The Kier molecular flexibility index (Phi) is 5.78. The van der Waals surface area contributed by atoms with Crippen LogP contribution in [0.1, 0.15) is 18.1 Å². The van der Waals surface area contributed by atoms with Gasteiger partial charge in [-0.1, -0.05) is 23.9 Å². The van der Waals surface area contributed by atoms with E-state index in [1.165, 1.54) is 11.8 Å². The molecule has 4 nitrogen and oxygen atoms in total. The van der Waals surface area contributed by atoms with Crippen LogP contribution in [0.2, 0.25) is 0 Å². The molecule has 0 radical (unpaired) electrons. The average molecular weight is 366 g/mol. The summed E-state index contributed by atoms with van der Waals surface area (Å²) in [5.74, 6) is 1.14. The summed E-state index contributed by atoms with van der Waals surface area (Å²) in [6.45, 7) is 6.63. The maximum atomic E-state index is 12.2. The van der Waals surface area contributed by atoms with Crippen LogP contribution in [-0.4, -0.2) is 23.3 Å². The number of aromatic nitrogens is 1. The molecule has 1 aromatic heterocycles. The molecular formula is C21H22N2O2S. The van der Waals surface area contributed by atoms with E-state index in [1.54, 1.807) is 0 Å². The predicted molar refractivity (Wildman–Crippen MR) is 108 cm³/mol. The second kappa shape index (κ2) is 8.23. The molecule has 5 heteroatoms.